The summed E-state index contributed by atoms with van der Waals surface area (Å²) in [5.74, 6) is 1.35. The van der Waals surface area contributed by atoms with Gasteiger partial charge in [-0.2, -0.15) is 4.98 Å². The van der Waals surface area contributed by atoms with Crippen LogP contribution >= 0.6 is 0 Å². The van der Waals surface area contributed by atoms with Gasteiger partial charge in [0.15, 0.2) is 5.78 Å². The number of nitrogens with zero attached hydrogens (tertiary/aromatic N) is 3. The molecule has 2 aliphatic heterocycles. The summed E-state index contributed by atoms with van der Waals surface area (Å²) in [7, 11) is 0. The predicted molar refractivity (Wildman–Crippen MR) is 143 cm³/mol. The predicted octanol–water partition coefficient (Wildman–Crippen LogP) is 3.40. The monoisotopic (exact) mass is 501 g/mol. The zero-order chi connectivity index (χ0) is 25.8. The Morgan fingerprint density at radius 1 is 1.05 bits per heavy atom. The highest BCUT2D eigenvalue weighted by atomic mass is 16.5. The van der Waals surface area contributed by atoms with Crippen LogP contribution in [0.5, 0.6) is 0 Å². The summed E-state index contributed by atoms with van der Waals surface area (Å²) >= 11 is 0. The fourth-order valence-electron chi connectivity index (χ4n) is 4.39. The van der Waals surface area contributed by atoms with Crippen molar-refractivity contribution < 1.29 is 14.3 Å². The molecule has 2 saturated heterocycles. The molecule has 2 aliphatic rings. The molecule has 37 heavy (non-hydrogen) atoms. The van der Waals surface area contributed by atoms with E-state index in [0.29, 0.717) is 30.3 Å². The average molecular weight is 502 g/mol. The molecule has 0 saturated carbocycles. The zero-order valence-electron chi connectivity index (χ0n) is 21.0. The molecule has 3 heterocycles. The van der Waals surface area contributed by atoms with E-state index in [9.17, 15) is 9.59 Å². The van der Waals surface area contributed by atoms with E-state index in [4.69, 9.17) is 9.72 Å². The quantitative estimate of drug-likeness (QED) is 0.364. The first-order chi connectivity index (χ1) is 17.9. The first-order valence-electron chi connectivity index (χ1n) is 12.4. The third-order valence-electron chi connectivity index (χ3n) is 6.48. The summed E-state index contributed by atoms with van der Waals surface area (Å²) in [5.41, 5.74) is 4.25. The fraction of sp³-hybridized carbons (Fsp3) is 0.333. The van der Waals surface area contributed by atoms with Crippen molar-refractivity contribution in [2.24, 2.45) is 0 Å². The molecule has 192 valence electrons. The summed E-state index contributed by atoms with van der Waals surface area (Å²) in [4.78, 5) is 35.0. The molecule has 0 bridgehead atoms. The van der Waals surface area contributed by atoms with Crippen LogP contribution in [0.25, 0.3) is 0 Å². The Hall–Kier alpha value is -4.02. The van der Waals surface area contributed by atoms with Crippen molar-refractivity contribution in [2.45, 2.75) is 26.0 Å². The fourth-order valence-corrected chi connectivity index (χ4v) is 4.39. The van der Waals surface area contributed by atoms with Gasteiger partial charge < -0.3 is 30.9 Å². The van der Waals surface area contributed by atoms with Crippen molar-refractivity contribution in [1.29, 1.82) is 0 Å². The van der Waals surface area contributed by atoms with Gasteiger partial charge in [0.2, 0.25) is 5.95 Å². The van der Waals surface area contributed by atoms with E-state index < -0.39 is 0 Å². The number of Topliss-reactive ketones (excluding diaryl/α,β-unsaturated/α-hetero) is 1. The number of carbonyl (C=O) groups is 2. The number of urea groups is 1. The summed E-state index contributed by atoms with van der Waals surface area (Å²) < 4.78 is 5.82. The lowest BCUT2D eigenvalue weighted by molar-refractivity contribution is 0.0277. The van der Waals surface area contributed by atoms with Crippen LogP contribution in [0.3, 0.4) is 0 Å². The van der Waals surface area contributed by atoms with E-state index in [0.717, 1.165) is 42.3 Å². The van der Waals surface area contributed by atoms with Gasteiger partial charge in [-0.25, -0.2) is 9.78 Å². The Morgan fingerprint density at radius 2 is 1.78 bits per heavy atom. The van der Waals surface area contributed by atoms with Crippen LogP contribution in [0.1, 0.15) is 34.5 Å². The number of carbonyl (C=O) groups excluding carboxylic acids is 2. The van der Waals surface area contributed by atoms with Gasteiger partial charge in [-0.05, 0) is 55.8 Å². The highest BCUT2D eigenvalue weighted by Gasteiger charge is 2.30. The summed E-state index contributed by atoms with van der Waals surface area (Å²) in [6.45, 7) is 7.22. The van der Waals surface area contributed by atoms with Crippen molar-refractivity contribution >= 4 is 35.0 Å². The smallest absolute Gasteiger partial charge is 0.319 e. The Balaban J connectivity index is 1.13. The van der Waals surface area contributed by atoms with Crippen LogP contribution in [0.4, 0.5) is 27.9 Å². The van der Waals surface area contributed by atoms with E-state index in [-0.39, 0.29) is 24.0 Å². The second-order valence-electron chi connectivity index (χ2n) is 9.34. The number of aromatic nitrogens is 2. The Bertz CT molecular complexity index is 1250. The van der Waals surface area contributed by atoms with Gasteiger partial charge in [0, 0.05) is 54.9 Å². The number of morpholine rings is 1. The summed E-state index contributed by atoms with van der Waals surface area (Å²) in [6, 6.07) is 14.7. The maximum absolute atomic E-state index is 12.4. The van der Waals surface area contributed by atoms with Crippen molar-refractivity contribution in [2.75, 3.05) is 48.3 Å². The third kappa shape index (κ3) is 6.04. The molecule has 2 amide bonds. The summed E-state index contributed by atoms with van der Waals surface area (Å²) in [6.07, 6.45) is 1.88. The first kappa shape index (κ1) is 24.7. The lowest BCUT2D eigenvalue weighted by Crippen LogP contribution is -2.60. The SMILES string of the molecule is CC(=O)c1ccc(NC(=O)NC2CN(c3nc(Nc4ccc(C5CNCCO5)cc4)ncc3C)C2)cc1. The second kappa shape index (κ2) is 10.9. The molecule has 3 aromatic rings. The van der Waals surface area contributed by atoms with Gasteiger partial charge in [0.1, 0.15) is 5.82 Å². The number of anilines is 4. The van der Waals surface area contributed by atoms with E-state index in [2.05, 4.69) is 43.3 Å². The van der Waals surface area contributed by atoms with Gasteiger partial charge in [0.05, 0.1) is 18.8 Å². The number of rotatable bonds is 7. The number of ether oxygens (including phenoxy) is 1. The molecule has 10 heteroatoms. The minimum Gasteiger partial charge on any atom is -0.371 e. The lowest BCUT2D eigenvalue weighted by Gasteiger charge is -2.41. The number of aryl methyl sites for hydroxylation is 1. The molecule has 0 radical (unpaired) electrons. The topological polar surface area (TPSA) is 121 Å². The van der Waals surface area contributed by atoms with E-state index in [1.165, 1.54) is 6.92 Å². The van der Waals surface area contributed by atoms with Gasteiger partial charge in [-0.15, -0.1) is 0 Å². The maximum Gasteiger partial charge on any atom is 0.319 e. The van der Waals surface area contributed by atoms with Crippen molar-refractivity contribution in [3.8, 4) is 0 Å². The van der Waals surface area contributed by atoms with Crippen LogP contribution in [0.15, 0.2) is 54.7 Å². The normalized spacial score (nSPS) is 17.6. The standard InChI is InChI=1S/C27H31N7O3/c1-17-13-29-26(30-21-9-5-20(6-10-21)24-14-28-11-12-37-24)33-25(17)34-15-23(16-34)32-27(36)31-22-7-3-19(4-8-22)18(2)35/h3-10,13,23-24,28H,11-12,14-16H2,1-2H3,(H,29,30,33)(H2,31,32,36). The minimum absolute atomic E-state index is 0.00584. The molecule has 4 N–H and O–H groups in total. The van der Waals surface area contributed by atoms with Crippen LogP contribution in [0, 0.1) is 6.92 Å². The van der Waals surface area contributed by atoms with Crippen LogP contribution in [-0.2, 0) is 4.74 Å². The van der Waals surface area contributed by atoms with Gasteiger partial charge >= 0.3 is 6.03 Å². The zero-order valence-corrected chi connectivity index (χ0v) is 21.0. The molecular formula is C27H31N7O3. The van der Waals surface area contributed by atoms with Crippen LogP contribution in [-0.4, -0.2) is 60.6 Å². The number of nitrogens with one attached hydrogen (secondary N) is 4. The Labute approximate surface area is 215 Å². The molecule has 5 rings (SSSR count). The van der Waals surface area contributed by atoms with Gasteiger partial charge in [-0.1, -0.05) is 12.1 Å². The highest BCUT2D eigenvalue weighted by Crippen LogP contribution is 2.26. The molecule has 10 nitrogen and oxygen atoms in total. The molecule has 0 aliphatic carbocycles. The number of benzene rings is 2. The van der Waals surface area contributed by atoms with Crippen LogP contribution < -0.4 is 26.2 Å². The third-order valence-corrected chi connectivity index (χ3v) is 6.48. The van der Waals surface area contributed by atoms with Crippen molar-refractivity contribution in [3.63, 3.8) is 0 Å². The van der Waals surface area contributed by atoms with Crippen molar-refractivity contribution in [1.82, 2.24) is 20.6 Å². The molecule has 1 atom stereocenters. The van der Waals surface area contributed by atoms with E-state index in [1.807, 2.05) is 19.1 Å². The lowest BCUT2D eigenvalue weighted by atomic mass is 10.1. The molecule has 2 aromatic carbocycles. The van der Waals surface area contributed by atoms with Crippen LogP contribution in [0.2, 0.25) is 0 Å². The summed E-state index contributed by atoms with van der Waals surface area (Å²) in [5, 5.41) is 12.4. The second-order valence-corrected chi connectivity index (χ2v) is 9.34. The number of hydrogen-bond acceptors (Lipinski definition) is 8. The molecule has 1 aromatic heterocycles. The van der Waals surface area contributed by atoms with Gasteiger partial charge in [-0.3, -0.25) is 4.79 Å². The Kier molecular flexibility index (Phi) is 7.29. The largest absolute Gasteiger partial charge is 0.371 e. The number of ketones is 1. The molecule has 0 spiro atoms. The number of amides is 2. The average Bonchev–Trinajstić information content (AvgIpc) is 2.88. The Morgan fingerprint density at radius 3 is 2.46 bits per heavy atom. The molecule has 2 fully saturated rings. The van der Waals surface area contributed by atoms with E-state index in [1.54, 1.807) is 30.5 Å². The van der Waals surface area contributed by atoms with Crippen molar-refractivity contribution in [3.05, 3.63) is 71.4 Å². The molecular weight excluding hydrogens is 470 g/mol. The highest BCUT2D eigenvalue weighted by molar-refractivity contribution is 5.95. The van der Waals surface area contributed by atoms with Gasteiger partial charge in [0.25, 0.3) is 0 Å². The minimum atomic E-state index is -0.278. The number of hydrogen-bond donors (Lipinski definition) is 4. The molecule has 1 unspecified atom stereocenters. The van der Waals surface area contributed by atoms with E-state index >= 15 is 0 Å². The first-order valence-corrected chi connectivity index (χ1v) is 12.4. The maximum atomic E-state index is 12.4.